The zero-order valence-electron chi connectivity index (χ0n) is 6.77. The smallest absolute Gasteiger partial charge is 0.215 e. The van der Waals surface area contributed by atoms with Crippen LogP contribution < -0.4 is 0 Å². The number of hydrogen-bond acceptors (Lipinski definition) is 2. The van der Waals surface area contributed by atoms with Crippen LogP contribution in [0.3, 0.4) is 0 Å². The molecule has 0 unspecified atom stereocenters. The molecule has 0 aliphatic carbocycles. The monoisotopic (exact) mass is 204 g/mol. The zero-order valence-corrected chi connectivity index (χ0v) is 6.77. The molecule has 1 heterocycles. The predicted octanol–water partition coefficient (Wildman–Crippen LogP) is 2.31. The van der Waals surface area contributed by atoms with Gasteiger partial charge in [-0.3, -0.25) is 0 Å². The summed E-state index contributed by atoms with van der Waals surface area (Å²) in [5.74, 6) is -1.21. The molecule has 2 nitrogen and oxygen atoms in total. The Labute approximate surface area is 76.8 Å². The van der Waals surface area contributed by atoms with Crippen molar-refractivity contribution in [3.63, 3.8) is 0 Å². The lowest BCUT2D eigenvalue weighted by molar-refractivity contribution is -0.142. The third-order valence-electron chi connectivity index (χ3n) is 1.48. The lowest BCUT2D eigenvalue weighted by Crippen LogP contribution is -2.12. The maximum atomic E-state index is 12.4. The van der Waals surface area contributed by atoms with E-state index in [0.29, 0.717) is 0 Å². The average molecular weight is 204 g/mol. The van der Waals surface area contributed by atoms with Crippen LogP contribution >= 0.6 is 0 Å². The van der Waals surface area contributed by atoms with Crippen molar-refractivity contribution in [3.8, 4) is 6.07 Å². The van der Waals surface area contributed by atoms with Crippen LogP contribution in [0, 0.1) is 17.3 Å². The summed E-state index contributed by atoms with van der Waals surface area (Å²) >= 11 is 0. The van der Waals surface area contributed by atoms with Crippen molar-refractivity contribution < 1.29 is 17.6 Å². The Hall–Kier alpha value is -1.64. The summed E-state index contributed by atoms with van der Waals surface area (Å²) < 4.78 is 49.1. The molecule has 0 aliphatic heterocycles. The molecule has 1 rings (SSSR count). The van der Waals surface area contributed by atoms with E-state index in [0.717, 1.165) is 12.1 Å². The quantitative estimate of drug-likeness (QED) is 0.519. The van der Waals surface area contributed by atoms with Gasteiger partial charge in [-0.25, -0.2) is 4.98 Å². The molecule has 0 saturated carbocycles. The van der Waals surface area contributed by atoms with E-state index in [9.17, 15) is 17.6 Å². The summed E-state index contributed by atoms with van der Waals surface area (Å²) in [5, 5.41) is 8.24. The SMILES string of the molecule is N#CCc1ccc(F)nc1C(F)(F)F. The molecule has 0 radical (unpaired) electrons. The van der Waals surface area contributed by atoms with Gasteiger partial charge in [0, 0.05) is 0 Å². The van der Waals surface area contributed by atoms with Gasteiger partial charge in [0.2, 0.25) is 5.95 Å². The fourth-order valence-corrected chi connectivity index (χ4v) is 0.937. The van der Waals surface area contributed by atoms with Gasteiger partial charge < -0.3 is 0 Å². The van der Waals surface area contributed by atoms with E-state index < -0.39 is 24.2 Å². The Morgan fingerprint density at radius 3 is 2.50 bits per heavy atom. The second-order valence-corrected chi connectivity index (χ2v) is 2.47. The molecule has 1 aromatic rings. The predicted molar refractivity (Wildman–Crippen MR) is 38.5 cm³/mol. The molecule has 0 aromatic carbocycles. The lowest BCUT2D eigenvalue weighted by atomic mass is 10.1. The molecule has 1 aromatic heterocycles. The Balaban J connectivity index is 3.24. The Bertz CT molecular complexity index is 378. The normalized spacial score (nSPS) is 11.1. The van der Waals surface area contributed by atoms with E-state index in [4.69, 9.17) is 5.26 Å². The number of aromatic nitrogens is 1. The summed E-state index contributed by atoms with van der Waals surface area (Å²) in [6.07, 6.45) is -5.17. The highest BCUT2D eigenvalue weighted by Crippen LogP contribution is 2.30. The summed E-state index contributed by atoms with van der Waals surface area (Å²) in [5.41, 5.74) is -1.65. The largest absolute Gasteiger partial charge is 0.433 e. The third kappa shape index (κ3) is 2.19. The van der Waals surface area contributed by atoms with Crippen molar-refractivity contribution in [2.45, 2.75) is 12.6 Å². The highest BCUT2D eigenvalue weighted by molar-refractivity contribution is 5.25. The van der Waals surface area contributed by atoms with Gasteiger partial charge in [0.15, 0.2) is 5.69 Å². The van der Waals surface area contributed by atoms with Gasteiger partial charge in [-0.05, 0) is 11.6 Å². The Morgan fingerprint density at radius 1 is 1.36 bits per heavy atom. The number of alkyl halides is 3. The van der Waals surface area contributed by atoms with Gasteiger partial charge in [-0.15, -0.1) is 0 Å². The van der Waals surface area contributed by atoms with Gasteiger partial charge in [0.25, 0.3) is 0 Å². The number of halogens is 4. The molecule has 74 valence electrons. The van der Waals surface area contributed by atoms with E-state index in [1.54, 1.807) is 6.07 Å². The standard InChI is InChI=1S/C8H4F4N2/c9-6-2-1-5(3-4-13)7(14-6)8(10,11)12/h1-2H,3H2. The minimum Gasteiger partial charge on any atom is -0.215 e. The minimum absolute atomic E-state index is 0.318. The van der Waals surface area contributed by atoms with Crippen LogP contribution in [0.2, 0.25) is 0 Å². The lowest BCUT2D eigenvalue weighted by Gasteiger charge is -2.08. The van der Waals surface area contributed by atoms with Gasteiger partial charge in [-0.1, -0.05) is 6.07 Å². The Morgan fingerprint density at radius 2 is 2.00 bits per heavy atom. The van der Waals surface area contributed by atoms with Crippen LogP contribution in [0.5, 0.6) is 0 Å². The molecular weight excluding hydrogens is 200 g/mol. The molecule has 0 bridgehead atoms. The maximum Gasteiger partial charge on any atom is 0.433 e. The molecule has 0 N–H and O–H groups in total. The average Bonchev–Trinajstić information content (AvgIpc) is 2.07. The molecule has 0 aliphatic rings. The third-order valence-corrected chi connectivity index (χ3v) is 1.48. The summed E-state index contributed by atoms with van der Waals surface area (Å²) in [6.45, 7) is 0. The van der Waals surface area contributed by atoms with Crippen LogP contribution in [0.1, 0.15) is 11.3 Å². The highest BCUT2D eigenvalue weighted by Gasteiger charge is 2.35. The van der Waals surface area contributed by atoms with Crippen molar-refractivity contribution in [2.24, 2.45) is 0 Å². The number of pyridine rings is 1. The van der Waals surface area contributed by atoms with Crippen molar-refractivity contribution in [3.05, 3.63) is 29.3 Å². The van der Waals surface area contributed by atoms with Crippen molar-refractivity contribution in [2.75, 3.05) is 0 Å². The number of hydrogen-bond donors (Lipinski definition) is 0. The fraction of sp³-hybridized carbons (Fsp3) is 0.250. The molecule has 0 atom stereocenters. The van der Waals surface area contributed by atoms with Crippen molar-refractivity contribution in [1.29, 1.82) is 5.26 Å². The van der Waals surface area contributed by atoms with E-state index >= 15 is 0 Å². The van der Waals surface area contributed by atoms with Gasteiger partial charge >= 0.3 is 6.18 Å². The molecule has 0 fully saturated rings. The van der Waals surface area contributed by atoms with Crippen LogP contribution in [0.25, 0.3) is 0 Å². The van der Waals surface area contributed by atoms with Gasteiger partial charge in [-0.2, -0.15) is 22.8 Å². The van der Waals surface area contributed by atoms with Crippen molar-refractivity contribution >= 4 is 0 Å². The number of nitrogens with zero attached hydrogens (tertiary/aromatic N) is 2. The molecule has 0 spiro atoms. The summed E-state index contributed by atoms with van der Waals surface area (Å²) in [4.78, 5) is 2.72. The van der Waals surface area contributed by atoms with Gasteiger partial charge in [0.05, 0.1) is 12.5 Å². The molecule has 14 heavy (non-hydrogen) atoms. The number of nitriles is 1. The summed E-state index contributed by atoms with van der Waals surface area (Å²) in [7, 11) is 0. The second kappa shape index (κ2) is 3.62. The first-order valence-corrected chi connectivity index (χ1v) is 3.54. The van der Waals surface area contributed by atoms with Crippen molar-refractivity contribution in [1.82, 2.24) is 4.98 Å². The Kier molecular flexibility index (Phi) is 2.70. The van der Waals surface area contributed by atoms with Gasteiger partial charge in [0.1, 0.15) is 0 Å². The van der Waals surface area contributed by atoms with E-state index in [1.165, 1.54) is 0 Å². The first kappa shape index (κ1) is 10.4. The first-order chi connectivity index (χ1) is 6.45. The fourth-order valence-electron chi connectivity index (χ4n) is 0.937. The van der Waals surface area contributed by atoms with Crippen LogP contribution in [0.4, 0.5) is 17.6 Å². The molecular formula is C8H4F4N2. The van der Waals surface area contributed by atoms with Crippen LogP contribution in [-0.2, 0) is 12.6 Å². The highest BCUT2D eigenvalue weighted by atomic mass is 19.4. The maximum absolute atomic E-state index is 12.4. The molecule has 0 saturated heterocycles. The zero-order chi connectivity index (χ0) is 10.8. The topological polar surface area (TPSA) is 36.7 Å². The summed E-state index contributed by atoms with van der Waals surface area (Å²) in [6, 6.07) is 3.26. The second-order valence-electron chi connectivity index (χ2n) is 2.47. The minimum atomic E-state index is -4.73. The van der Waals surface area contributed by atoms with E-state index in [2.05, 4.69) is 4.98 Å². The van der Waals surface area contributed by atoms with Crippen LogP contribution in [0.15, 0.2) is 12.1 Å². The first-order valence-electron chi connectivity index (χ1n) is 3.54. The van der Waals surface area contributed by atoms with Crippen LogP contribution in [-0.4, -0.2) is 4.98 Å². The van der Waals surface area contributed by atoms with E-state index in [-0.39, 0.29) is 5.56 Å². The van der Waals surface area contributed by atoms with E-state index in [1.807, 2.05) is 0 Å². The number of rotatable bonds is 1. The molecule has 0 amide bonds. The molecule has 6 heteroatoms.